The van der Waals surface area contributed by atoms with Crippen molar-refractivity contribution < 1.29 is 42.6 Å². The minimum absolute atomic E-state index is 0.0260. The zero-order chi connectivity index (χ0) is 61.5. The van der Waals surface area contributed by atoms with Crippen LogP contribution in [0, 0.1) is 5.82 Å². The van der Waals surface area contributed by atoms with E-state index in [2.05, 4.69) is 44.3 Å². The van der Waals surface area contributed by atoms with Crippen molar-refractivity contribution >= 4 is 41.1 Å². The molecule has 87 heavy (non-hydrogen) atoms. The lowest BCUT2D eigenvalue weighted by molar-refractivity contribution is -0.139. The second-order valence-electron chi connectivity index (χ2n) is 24.3. The fraction of sp³-hybridized carbons (Fsp3) is 0.471. The van der Waals surface area contributed by atoms with Crippen LogP contribution in [0.2, 0.25) is 0 Å². The fourth-order valence-electron chi connectivity index (χ4n) is 12.9. The number of likely N-dealkylation sites (N-methyl/N-ethyl adjacent to an activating group) is 2. The van der Waals surface area contributed by atoms with Crippen LogP contribution in [0.4, 0.5) is 20.6 Å². The number of fused-ring (bicyclic) bond motifs is 2. The fourth-order valence-corrected chi connectivity index (χ4v) is 12.9. The van der Waals surface area contributed by atoms with Crippen LogP contribution >= 0.6 is 0 Å². The van der Waals surface area contributed by atoms with Gasteiger partial charge >= 0.3 is 6.09 Å². The molecule has 0 saturated carbocycles. The van der Waals surface area contributed by atoms with Crippen LogP contribution in [0.5, 0.6) is 0 Å². The molecule has 464 valence electrons. The summed E-state index contributed by atoms with van der Waals surface area (Å²) in [7, 11) is 7.48. The maximum absolute atomic E-state index is 14.1. The van der Waals surface area contributed by atoms with E-state index >= 15 is 0 Å². The molecular weight excluding hydrogens is 1100 g/mol. The van der Waals surface area contributed by atoms with Gasteiger partial charge in [-0.05, 0) is 149 Å². The number of hydrogen-bond acceptors (Lipinski definition) is 11. The van der Waals surface area contributed by atoms with Gasteiger partial charge in [0.15, 0.2) is 0 Å². The molecule has 3 aliphatic heterocycles. The lowest BCUT2D eigenvalue weighted by Crippen LogP contribution is -2.50. The van der Waals surface area contributed by atoms with E-state index in [-0.39, 0.29) is 60.4 Å². The number of piperidine rings is 2. The van der Waals surface area contributed by atoms with Crippen molar-refractivity contribution in [3.63, 3.8) is 0 Å². The van der Waals surface area contributed by atoms with E-state index in [1.54, 1.807) is 40.9 Å². The van der Waals surface area contributed by atoms with Crippen molar-refractivity contribution in [1.29, 1.82) is 0 Å². The molecule has 1 N–H and O–H groups in total. The van der Waals surface area contributed by atoms with Gasteiger partial charge in [-0.15, -0.1) is 0 Å². The van der Waals surface area contributed by atoms with Gasteiger partial charge in [0.2, 0.25) is 11.8 Å². The van der Waals surface area contributed by atoms with E-state index in [0.717, 1.165) is 113 Å². The molecule has 1 aliphatic carbocycles. The number of carbonyl (C=O) groups is 5. The number of allylic oxidation sites excluding steroid dienone is 1. The topological polar surface area (TPSA) is 148 Å². The molecule has 5 amide bonds. The Labute approximate surface area is 514 Å². The van der Waals surface area contributed by atoms with Gasteiger partial charge < -0.3 is 48.5 Å². The summed E-state index contributed by atoms with van der Waals surface area (Å²) >= 11 is 0. The number of rotatable bonds is 25. The average molecular weight is 1190 g/mol. The van der Waals surface area contributed by atoms with Gasteiger partial charge in [-0.3, -0.25) is 24.5 Å². The van der Waals surface area contributed by atoms with Crippen LogP contribution in [-0.2, 0) is 46.0 Å². The highest BCUT2D eigenvalue weighted by atomic mass is 19.1. The molecule has 1 spiro atoms. The van der Waals surface area contributed by atoms with Gasteiger partial charge in [-0.2, -0.15) is 0 Å². The highest BCUT2D eigenvalue weighted by Crippen LogP contribution is 2.48. The number of carbonyl (C=O) groups excluding carboxylic acids is 5. The van der Waals surface area contributed by atoms with Crippen LogP contribution in [0.25, 0.3) is 11.1 Å². The highest BCUT2D eigenvalue weighted by molar-refractivity contribution is 5.95. The third-order valence-corrected chi connectivity index (χ3v) is 18.6. The van der Waals surface area contributed by atoms with Gasteiger partial charge in [-0.1, -0.05) is 91.0 Å². The number of nitrogens with one attached hydrogen (secondary N) is 1. The number of nitrogens with zero attached hydrogens (tertiary/aromatic N) is 7. The molecule has 16 nitrogen and oxygen atoms in total. The van der Waals surface area contributed by atoms with Gasteiger partial charge in [0.25, 0.3) is 11.8 Å². The molecule has 0 radical (unpaired) electrons. The van der Waals surface area contributed by atoms with E-state index in [9.17, 15) is 28.4 Å². The lowest BCUT2D eigenvalue weighted by Gasteiger charge is -2.44. The Morgan fingerprint density at radius 3 is 2.11 bits per heavy atom. The molecule has 0 bridgehead atoms. The number of benzene rings is 5. The molecule has 0 unspecified atom stereocenters. The van der Waals surface area contributed by atoms with Crippen molar-refractivity contribution in [2.24, 2.45) is 0 Å². The zero-order valence-corrected chi connectivity index (χ0v) is 51.9. The molecular formula is C70H89FN8O8. The summed E-state index contributed by atoms with van der Waals surface area (Å²) in [6.07, 6.45) is 8.37. The third kappa shape index (κ3) is 16.2. The molecule has 5 aromatic carbocycles. The van der Waals surface area contributed by atoms with E-state index in [0.29, 0.717) is 62.3 Å². The monoisotopic (exact) mass is 1190 g/mol. The average Bonchev–Trinajstić information content (AvgIpc) is 1.72. The number of halogens is 1. The number of amides is 5. The summed E-state index contributed by atoms with van der Waals surface area (Å²) in [5, 5.41) is 2.94. The molecule has 2 atom stereocenters. The van der Waals surface area contributed by atoms with Gasteiger partial charge in [-0.25, -0.2) is 9.18 Å². The van der Waals surface area contributed by atoms with Crippen LogP contribution < -0.4 is 10.2 Å². The van der Waals surface area contributed by atoms with Crippen LogP contribution in [0.1, 0.15) is 98.7 Å². The number of para-hydroxylation sites is 1. The van der Waals surface area contributed by atoms with E-state index < -0.39 is 11.7 Å². The molecule has 17 heteroatoms. The predicted molar refractivity (Wildman–Crippen MR) is 339 cm³/mol. The minimum atomic E-state index is -0.753. The second-order valence-corrected chi connectivity index (χ2v) is 24.3. The van der Waals surface area contributed by atoms with Crippen molar-refractivity contribution in [2.75, 3.05) is 124 Å². The normalized spacial score (nSPS) is 18.7. The summed E-state index contributed by atoms with van der Waals surface area (Å²) in [5.41, 5.74) is 7.38. The summed E-state index contributed by atoms with van der Waals surface area (Å²) in [4.78, 5) is 80.2. The Morgan fingerprint density at radius 2 is 1.38 bits per heavy atom. The summed E-state index contributed by atoms with van der Waals surface area (Å²) in [6.45, 7) is 11.4. The van der Waals surface area contributed by atoms with Crippen LogP contribution in [0.3, 0.4) is 0 Å². The van der Waals surface area contributed by atoms with Crippen LogP contribution in [-0.4, -0.2) is 185 Å². The molecule has 3 heterocycles. The van der Waals surface area contributed by atoms with E-state index in [4.69, 9.17) is 14.2 Å². The van der Waals surface area contributed by atoms with Gasteiger partial charge in [0.1, 0.15) is 30.9 Å². The second kappa shape index (κ2) is 30.0. The van der Waals surface area contributed by atoms with E-state index in [1.165, 1.54) is 23.3 Å². The largest absolute Gasteiger partial charge is 0.446 e. The summed E-state index contributed by atoms with van der Waals surface area (Å²) < 4.78 is 33.0. The maximum Gasteiger partial charge on any atom is 0.411 e. The van der Waals surface area contributed by atoms with Gasteiger partial charge in [0, 0.05) is 115 Å². The van der Waals surface area contributed by atoms with Crippen molar-refractivity contribution in [2.45, 2.75) is 101 Å². The molecule has 0 aromatic heterocycles. The SMILES string of the molecule is C/C=C(\C)C(=O)N1CO[C@](CCN2CCC3(CC2)c2ccccc2C[C@@H]3OCC(=O)N(C)CCCN(C)C(=O)c2ccc(N(C)CCCCC(=O)N(C)CCN3CCC(OC(=O)Nc4ccccc4-c4ccccc4)CC3)cc2)(c2ccc(F)cc2)C1. The molecule has 3 fully saturated rings. The molecule has 4 aliphatic rings. The number of likely N-dealkylation sites (tertiary alicyclic amines) is 2. The Balaban J connectivity index is 0.642. The Hall–Kier alpha value is -7.44. The number of hydrogen-bond donors (Lipinski definition) is 1. The Morgan fingerprint density at radius 1 is 0.713 bits per heavy atom. The standard InChI is InChI=1S/C70H89FN8O8/c1-7-52(2)66(82)79-50-70(86-51-79,56-27-29-57(71)30-28-56)37-45-78-43-35-69(36-44-78)61-22-13-11-20-55(61)48-63(69)85-49-65(81)74(4)39-17-40-76(6)67(83)54-25-31-58(32-26-54)73(3)38-16-15-24-64(80)75(5)46-47-77-41-33-59(34-42-77)87-68(84)72-62-23-14-12-21-60(62)53-18-9-8-10-19-53/h7-14,18-23,25-32,59,63H,15-17,24,33-51H2,1-6H3,(H,72,84)/b52-7+/t63-,70-/m0/s1. The third-order valence-electron chi connectivity index (χ3n) is 18.6. The van der Waals surface area contributed by atoms with Crippen LogP contribution in [0.15, 0.2) is 139 Å². The summed E-state index contributed by atoms with van der Waals surface area (Å²) in [5.74, 6) is -0.422. The minimum Gasteiger partial charge on any atom is -0.446 e. The number of unbranched alkanes of at least 4 members (excludes halogenated alkanes) is 1. The first kappa shape index (κ1) is 64.0. The number of ether oxygens (including phenoxy) is 3. The smallest absolute Gasteiger partial charge is 0.411 e. The quantitative estimate of drug-likeness (QED) is 0.0440. The van der Waals surface area contributed by atoms with Crippen molar-refractivity contribution in [3.8, 4) is 11.1 Å². The predicted octanol–water partition coefficient (Wildman–Crippen LogP) is 10.2. The first-order valence-electron chi connectivity index (χ1n) is 31.2. The number of anilines is 2. The first-order chi connectivity index (χ1) is 42.0. The molecule has 5 aromatic rings. The van der Waals surface area contributed by atoms with E-state index in [1.807, 2.05) is 118 Å². The Kier molecular flexibility index (Phi) is 22.1. The lowest BCUT2D eigenvalue weighted by atomic mass is 9.72. The first-order valence-corrected chi connectivity index (χ1v) is 31.2. The summed E-state index contributed by atoms with van der Waals surface area (Å²) in [6, 6.07) is 40.3. The van der Waals surface area contributed by atoms with Crippen molar-refractivity contribution in [3.05, 3.63) is 167 Å². The van der Waals surface area contributed by atoms with Crippen molar-refractivity contribution in [1.82, 2.24) is 29.4 Å². The molecule has 9 rings (SSSR count). The van der Waals surface area contributed by atoms with Gasteiger partial charge in [0.05, 0.1) is 18.3 Å². The molecule has 3 saturated heterocycles. The highest BCUT2D eigenvalue weighted by Gasteiger charge is 2.50. The maximum atomic E-state index is 14.1. The Bertz CT molecular complexity index is 3150. The zero-order valence-electron chi connectivity index (χ0n) is 51.9.